The summed E-state index contributed by atoms with van der Waals surface area (Å²) in [5.41, 5.74) is 11.8. The number of hydrogen-bond acceptors (Lipinski definition) is 3. The number of nitrogens with zero attached hydrogens (tertiary/aromatic N) is 2. The highest BCUT2D eigenvalue weighted by atomic mass is 32.1. The maximum atomic E-state index is 4.90. The van der Waals surface area contributed by atoms with Crippen LogP contribution in [0.2, 0.25) is 0 Å². The predicted molar refractivity (Wildman–Crippen MR) is 137 cm³/mol. The van der Waals surface area contributed by atoms with Gasteiger partial charge < -0.3 is 0 Å². The molecule has 2 aliphatic rings. The smallest absolute Gasteiger partial charge is 0.103 e. The molecule has 0 aliphatic heterocycles. The third-order valence-corrected chi connectivity index (χ3v) is 8.18. The van der Waals surface area contributed by atoms with E-state index >= 15 is 0 Å². The van der Waals surface area contributed by atoms with Gasteiger partial charge >= 0.3 is 0 Å². The molecule has 2 aliphatic carbocycles. The van der Waals surface area contributed by atoms with Crippen LogP contribution in [-0.2, 0) is 0 Å². The van der Waals surface area contributed by atoms with E-state index in [1.165, 1.54) is 53.9 Å². The van der Waals surface area contributed by atoms with Crippen LogP contribution in [0.1, 0.15) is 0 Å². The Morgan fingerprint density at radius 1 is 0.364 bits per heavy atom. The molecule has 0 saturated carbocycles. The molecule has 0 spiro atoms. The van der Waals surface area contributed by atoms with Crippen LogP contribution in [0, 0.1) is 0 Å². The molecule has 0 unspecified atom stereocenters. The summed E-state index contributed by atoms with van der Waals surface area (Å²) in [5, 5.41) is 12.3. The minimum atomic E-state index is 0.981. The fourth-order valence-corrected chi connectivity index (χ4v) is 6.90. The summed E-state index contributed by atoms with van der Waals surface area (Å²) in [7, 11) is 0. The molecular formula is C30H16N2S. The van der Waals surface area contributed by atoms with E-state index in [-0.39, 0.29) is 0 Å². The second-order valence-electron chi connectivity index (χ2n) is 8.59. The van der Waals surface area contributed by atoms with E-state index < -0.39 is 0 Å². The second kappa shape index (κ2) is 6.25. The predicted octanol–water partition coefficient (Wildman–Crippen LogP) is 8.32. The molecule has 0 fully saturated rings. The van der Waals surface area contributed by atoms with Crippen LogP contribution in [0.5, 0.6) is 0 Å². The molecule has 0 amide bonds. The van der Waals surface area contributed by atoms with Gasteiger partial charge in [-0.25, -0.2) is 0 Å². The molecule has 6 aromatic rings. The van der Waals surface area contributed by atoms with Crippen molar-refractivity contribution in [3.05, 3.63) is 97.1 Å². The largest absolute Gasteiger partial charge is 0.149 e. The molecule has 2 heterocycles. The van der Waals surface area contributed by atoms with Crippen molar-refractivity contribution in [3.8, 4) is 65.6 Å². The Balaban J connectivity index is 1.65. The number of thiophene rings is 1. The molecule has 0 atom stereocenters. The van der Waals surface area contributed by atoms with Crippen molar-refractivity contribution in [2.45, 2.75) is 0 Å². The molecule has 33 heavy (non-hydrogen) atoms. The second-order valence-corrected chi connectivity index (χ2v) is 9.61. The Morgan fingerprint density at radius 2 is 0.667 bits per heavy atom. The summed E-state index contributed by atoms with van der Waals surface area (Å²) in [6, 6.07) is 34.7. The summed E-state index contributed by atoms with van der Waals surface area (Å²) < 4.78 is 0. The Hall–Kier alpha value is -4.08. The van der Waals surface area contributed by atoms with Gasteiger partial charge in [0.2, 0.25) is 0 Å². The SMILES string of the molecule is c1ccc2c(c1)-c1ccccc1-c1sc3c4c(nnc-2c14)-c1ccccc1-c1ccccc1-3. The van der Waals surface area contributed by atoms with Gasteiger partial charge in [0.15, 0.2) is 0 Å². The molecule has 2 nitrogen and oxygen atoms in total. The first kappa shape index (κ1) is 17.5. The van der Waals surface area contributed by atoms with Gasteiger partial charge in [0.05, 0.1) is 0 Å². The van der Waals surface area contributed by atoms with Crippen molar-refractivity contribution in [1.82, 2.24) is 10.2 Å². The lowest BCUT2D eigenvalue weighted by molar-refractivity contribution is 1.07. The van der Waals surface area contributed by atoms with Crippen molar-refractivity contribution < 1.29 is 0 Å². The van der Waals surface area contributed by atoms with Crippen LogP contribution in [0.15, 0.2) is 97.1 Å². The molecule has 0 saturated heterocycles. The minimum absolute atomic E-state index is 0.981. The minimum Gasteiger partial charge on any atom is -0.149 e. The van der Waals surface area contributed by atoms with Crippen molar-refractivity contribution in [1.29, 1.82) is 0 Å². The van der Waals surface area contributed by atoms with Gasteiger partial charge in [0.1, 0.15) is 11.4 Å². The van der Waals surface area contributed by atoms with E-state index in [4.69, 9.17) is 10.2 Å². The van der Waals surface area contributed by atoms with Gasteiger partial charge in [0, 0.05) is 42.8 Å². The van der Waals surface area contributed by atoms with E-state index in [1.54, 1.807) is 0 Å². The average molecular weight is 437 g/mol. The van der Waals surface area contributed by atoms with E-state index in [2.05, 4.69) is 97.1 Å². The quantitative estimate of drug-likeness (QED) is 0.239. The highest BCUT2D eigenvalue weighted by Gasteiger charge is 2.31. The van der Waals surface area contributed by atoms with Crippen molar-refractivity contribution in [2.75, 3.05) is 0 Å². The zero-order valence-corrected chi connectivity index (χ0v) is 18.4. The van der Waals surface area contributed by atoms with Gasteiger partial charge in [0.25, 0.3) is 0 Å². The number of aromatic nitrogens is 2. The highest BCUT2D eigenvalue weighted by Crippen LogP contribution is 2.57. The average Bonchev–Trinajstić information content (AvgIpc) is 3.18. The van der Waals surface area contributed by atoms with Crippen LogP contribution < -0.4 is 0 Å². The lowest BCUT2D eigenvalue weighted by atomic mass is 9.96. The first-order chi connectivity index (χ1) is 16.4. The zero-order chi connectivity index (χ0) is 21.5. The maximum absolute atomic E-state index is 4.90. The van der Waals surface area contributed by atoms with E-state index in [9.17, 15) is 0 Å². The maximum Gasteiger partial charge on any atom is 0.103 e. The Morgan fingerprint density at radius 3 is 1.06 bits per heavy atom. The molecular weight excluding hydrogens is 420 g/mol. The molecule has 152 valence electrons. The van der Waals surface area contributed by atoms with E-state index in [1.807, 2.05) is 11.3 Å². The lowest BCUT2D eigenvalue weighted by Gasteiger charge is -2.10. The zero-order valence-electron chi connectivity index (χ0n) is 17.5. The van der Waals surface area contributed by atoms with Crippen LogP contribution in [0.4, 0.5) is 0 Å². The molecule has 0 bridgehead atoms. The normalized spacial score (nSPS) is 12.2. The van der Waals surface area contributed by atoms with Gasteiger partial charge in [-0.1, -0.05) is 97.1 Å². The fourth-order valence-electron chi connectivity index (χ4n) is 5.52. The van der Waals surface area contributed by atoms with Gasteiger partial charge in [-0.3, -0.25) is 0 Å². The van der Waals surface area contributed by atoms with Crippen LogP contribution in [0.3, 0.4) is 0 Å². The monoisotopic (exact) mass is 436 g/mol. The van der Waals surface area contributed by atoms with Crippen molar-refractivity contribution >= 4 is 22.1 Å². The first-order valence-electron chi connectivity index (χ1n) is 11.1. The van der Waals surface area contributed by atoms with E-state index in [0.717, 1.165) is 22.5 Å². The van der Waals surface area contributed by atoms with Crippen LogP contribution in [-0.4, -0.2) is 10.2 Å². The molecule has 0 radical (unpaired) electrons. The Kier molecular flexibility index (Phi) is 3.31. The molecule has 0 N–H and O–H groups in total. The third-order valence-electron chi connectivity index (χ3n) is 6.92. The topological polar surface area (TPSA) is 25.8 Å². The third kappa shape index (κ3) is 2.17. The number of fused-ring (bicyclic) bond motifs is 10. The molecule has 4 aromatic carbocycles. The van der Waals surface area contributed by atoms with Crippen molar-refractivity contribution in [3.63, 3.8) is 0 Å². The van der Waals surface area contributed by atoms with Crippen LogP contribution in [0.25, 0.3) is 76.4 Å². The Labute approximate surface area is 194 Å². The molecule has 3 heteroatoms. The van der Waals surface area contributed by atoms with Crippen molar-refractivity contribution in [2.24, 2.45) is 0 Å². The highest BCUT2D eigenvalue weighted by molar-refractivity contribution is 7.21. The first-order valence-corrected chi connectivity index (χ1v) is 11.9. The summed E-state index contributed by atoms with van der Waals surface area (Å²) >= 11 is 1.88. The van der Waals surface area contributed by atoms with E-state index in [0.29, 0.717) is 0 Å². The number of benzene rings is 4. The molecule has 8 rings (SSSR count). The number of hydrogen-bond donors (Lipinski definition) is 0. The molecule has 2 aromatic heterocycles. The summed E-state index contributed by atoms with van der Waals surface area (Å²) in [5.74, 6) is 0. The summed E-state index contributed by atoms with van der Waals surface area (Å²) in [4.78, 5) is 2.57. The van der Waals surface area contributed by atoms with Gasteiger partial charge in [-0.15, -0.1) is 21.5 Å². The van der Waals surface area contributed by atoms with Crippen LogP contribution >= 0.6 is 11.3 Å². The standard InChI is InChI=1S/C30H16N2S/c1-5-13-21-17(9-1)19-11-3-7-15-23(19)29-25-26-28(32-31-27(21)25)22-14-6-2-10-18(22)20-12-4-8-16-24(20)30(26)33-29/h1-16H. The lowest BCUT2D eigenvalue weighted by Crippen LogP contribution is -1.94. The Bertz CT molecular complexity index is 1650. The summed E-state index contributed by atoms with van der Waals surface area (Å²) in [6.45, 7) is 0. The number of rotatable bonds is 0. The fraction of sp³-hybridized carbons (Fsp3) is 0. The van der Waals surface area contributed by atoms with Gasteiger partial charge in [-0.2, -0.15) is 0 Å². The summed E-state index contributed by atoms with van der Waals surface area (Å²) in [6.07, 6.45) is 0. The van der Waals surface area contributed by atoms with Gasteiger partial charge in [-0.05, 0) is 22.3 Å².